The van der Waals surface area contributed by atoms with Crippen molar-refractivity contribution < 1.29 is 14.3 Å². The maximum atomic E-state index is 12.9. The van der Waals surface area contributed by atoms with Crippen LogP contribution in [0.3, 0.4) is 0 Å². The first-order valence-electron chi connectivity index (χ1n) is 10.9. The molecule has 1 aliphatic rings. The lowest BCUT2D eigenvalue weighted by molar-refractivity contribution is -0.125. The highest BCUT2D eigenvalue weighted by Gasteiger charge is 2.29. The second-order valence-corrected chi connectivity index (χ2v) is 9.55. The van der Waals surface area contributed by atoms with E-state index in [0.29, 0.717) is 19.2 Å². The highest BCUT2D eigenvalue weighted by Crippen LogP contribution is 2.26. The van der Waals surface area contributed by atoms with E-state index in [-0.39, 0.29) is 5.91 Å². The van der Waals surface area contributed by atoms with Crippen LogP contribution in [0.1, 0.15) is 37.8 Å². The molecule has 0 aromatic heterocycles. The predicted octanol–water partition coefficient (Wildman–Crippen LogP) is 4.53. The molecule has 0 radical (unpaired) electrons. The van der Waals surface area contributed by atoms with Crippen molar-refractivity contribution in [3.8, 4) is 5.75 Å². The molecule has 5 nitrogen and oxygen atoms in total. The molecule has 1 N–H and O–H groups in total. The van der Waals surface area contributed by atoms with Gasteiger partial charge in [-0.05, 0) is 69.1 Å². The average molecular weight is 489 g/mol. The zero-order valence-corrected chi connectivity index (χ0v) is 20.3. The number of halogens is 1. The SMILES string of the molecule is CN(CCOc1cccc(CNC(=O)C(C)(C)c2cccc(Br)c2)c1)C1CCOCC1. The van der Waals surface area contributed by atoms with E-state index in [1.54, 1.807) is 0 Å². The number of nitrogens with one attached hydrogen (secondary N) is 1. The lowest BCUT2D eigenvalue weighted by Gasteiger charge is -2.31. The summed E-state index contributed by atoms with van der Waals surface area (Å²) in [5.41, 5.74) is 1.38. The molecular formula is C25H33BrN2O3. The van der Waals surface area contributed by atoms with Crippen LogP contribution in [0.2, 0.25) is 0 Å². The summed E-state index contributed by atoms with van der Waals surface area (Å²) >= 11 is 3.49. The standard InChI is InChI=1S/C25H33BrN2O3/c1-25(2,20-7-5-8-21(26)17-20)24(29)27-18-19-6-4-9-23(16-19)31-15-12-28(3)22-10-13-30-14-11-22/h4-9,16-17,22H,10-15,18H2,1-3H3,(H,27,29). The van der Waals surface area contributed by atoms with Crippen LogP contribution in [-0.2, 0) is 21.5 Å². The lowest BCUT2D eigenvalue weighted by Crippen LogP contribution is -2.39. The summed E-state index contributed by atoms with van der Waals surface area (Å²) in [4.78, 5) is 15.2. The smallest absolute Gasteiger partial charge is 0.230 e. The number of likely N-dealkylation sites (N-methyl/N-ethyl adjacent to an activating group) is 1. The second kappa shape index (κ2) is 11.1. The summed E-state index contributed by atoms with van der Waals surface area (Å²) < 4.78 is 12.4. The van der Waals surface area contributed by atoms with E-state index in [4.69, 9.17) is 9.47 Å². The second-order valence-electron chi connectivity index (χ2n) is 8.64. The van der Waals surface area contributed by atoms with Gasteiger partial charge in [-0.3, -0.25) is 9.69 Å². The Bertz CT molecular complexity index is 865. The van der Waals surface area contributed by atoms with E-state index < -0.39 is 5.41 Å². The van der Waals surface area contributed by atoms with Crippen molar-refractivity contribution in [3.63, 3.8) is 0 Å². The molecule has 1 saturated heterocycles. The van der Waals surface area contributed by atoms with Gasteiger partial charge in [-0.15, -0.1) is 0 Å². The fourth-order valence-corrected chi connectivity index (χ4v) is 4.17. The van der Waals surface area contributed by atoms with E-state index in [1.807, 2.05) is 62.4 Å². The van der Waals surface area contributed by atoms with Crippen LogP contribution < -0.4 is 10.1 Å². The van der Waals surface area contributed by atoms with Crippen molar-refractivity contribution in [1.29, 1.82) is 0 Å². The monoisotopic (exact) mass is 488 g/mol. The molecule has 0 atom stereocenters. The van der Waals surface area contributed by atoms with Crippen LogP contribution in [0.25, 0.3) is 0 Å². The van der Waals surface area contributed by atoms with Gasteiger partial charge in [0.2, 0.25) is 5.91 Å². The number of rotatable bonds is 9. The molecule has 2 aromatic rings. The molecule has 1 fully saturated rings. The highest BCUT2D eigenvalue weighted by molar-refractivity contribution is 9.10. The van der Waals surface area contributed by atoms with Crippen molar-refractivity contribution in [3.05, 3.63) is 64.1 Å². The third kappa shape index (κ3) is 6.79. The number of ether oxygens (including phenoxy) is 2. The molecule has 3 rings (SSSR count). The van der Waals surface area contributed by atoms with Gasteiger partial charge in [-0.2, -0.15) is 0 Å². The molecule has 0 aliphatic carbocycles. The molecule has 31 heavy (non-hydrogen) atoms. The van der Waals surface area contributed by atoms with Crippen molar-refractivity contribution >= 4 is 21.8 Å². The summed E-state index contributed by atoms with van der Waals surface area (Å²) in [6.07, 6.45) is 2.17. The Morgan fingerprint density at radius 2 is 1.94 bits per heavy atom. The van der Waals surface area contributed by atoms with Gasteiger partial charge < -0.3 is 14.8 Å². The van der Waals surface area contributed by atoms with E-state index in [2.05, 4.69) is 33.2 Å². The summed E-state index contributed by atoms with van der Waals surface area (Å²) in [6.45, 7) is 7.57. The number of benzene rings is 2. The fraction of sp³-hybridized carbons (Fsp3) is 0.480. The van der Waals surface area contributed by atoms with Gasteiger partial charge in [0.1, 0.15) is 12.4 Å². The first-order valence-corrected chi connectivity index (χ1v) is 11.7. The van der Waals surface area contributed by atoms with Crippen LogP contribution in [0.15, 0.2) is 53.0 Å². The molecule has 0 saturated carbocycles. The topological polar surface area (TPSA) is 50.8 Å². The molecule has 0 spiro atoms. The van der Waals surface area contributed by atoms with Gasteiger partial charge in [0.25, 0.3) is 0 Å². The van der Waals surface area contributed by atoms with Crippen LogP contribution >= 0.6 is 15.9 Å². The fourth-order valence-electron chi connectivity index (χ4n) is 3.77. The number of carbonyl (C=O) groups is 1. The molecule has 0 unspecified atom stereocenters. The van der Waals surface area contributed by atoms with Gasteiger partial charge in [0, 0.05) is 36.8 Å². The van der Waals surface area contributed by atoms with Crippen LogP contribution in [0.4, 0.5) is 0 Å². The Labute approximate surface area is 194 Å². The molecule has 2 aromatic carbocycles. The summed E-state index contributed by atoms with van der Waals surface area (Å²) in [5, 5.41) is 3.07. The molecule has 1 amide bonds. The lowest BCUT2D eigenvalue weighted by atomic mass is 9.83. The number of hydrogen-bond donors (Lipinski definition) is 1. The van der Waals surface area contributed by atoms with Crippen molar-refractivity contribution in [2.45, 2.75) is 44.7 Å². The Kier molecular flexibility index (Phi) is 8.52. The van der Waals surface area contributed by atoms with Gasteiger partial charge >= 0.3 is 0 Å². The predicted molar refractivity (Wildman–Crippen MR) is 127 cm³/mol. The summed E-state index contributed by atoms with van der Waals surface area (Å²) in [5.74, 6) is 0.827. The summed E-state index contributed by atoms with van der Waals surface area (Å²) in [7, 11) is 2.15. The zero-order chi connectivity index (χ0) is 22.3. The molecule has 1 heterocycles. The van der Waals surface area contributed by atoms with Gasteiger partial charge in [0.05, 0.1) is 5.41 Å². The molecule has 6 heteroatoms. The minimum atomic E-state index is -0.618. The van der Waals surface area contributed by atoms with Gasteiger partial charge in [-0.25, -0.2) is 0 Å². The third-order valence-corrected chi connectivity index (χ3v) is 6.49. The van der Waals surface area contributed by atoms with E-state index in [0.717, 1.165) is 53.9 Å². The molecule has 1 aliphatic heterocycles. The van der Waals surface area contributed by atoms with Crippen molar-refractivity contribution in [2.75, 3.05) is 33.4 Å². The average Bonchev–Trinajstić information content (AvgIpc) is 2.78. The van der Waals surface area contributed by atoms with E-state index in [9.17, 15) is 4.79 Å². The Balaban J connectivity index is 1.49. The van der Waals surface area contributed by atoms with Crippen LogP contribution in [0, 0.1) is 0 Å². The van der Waals surface area contributed by atoms with Crippen molar-refractivity contribution in [1.82, 2.24) is 10.2 Å². The molecular weight excluding hydrogens is 456 g/mol. The van der Waals surface area contributed by atoms with Crippen LogP contribution in [-0.4, -0.2) is 50.3 Å². The van der Waals surface area contributed by atoms with Crippen molar-refractivity contribution in [2.24, 2.45) is 0 Å². The first kappa shape index (κ1) is 23.8. The Morgan fingerprint density at radius 1 is 1.19 bits per heavy atom. The highest BCUT2D eigenvalue weighted by atomic mass is 79.9. The van der Waals surface area contributed by atoms with Gasteiger partial charge in [-0.1, -0.05) is 40.2 Å². The molecule has 168 valence electrons. The number of amides is 1. The molecule has 0 bridgehead atoms. The number of carbonyl (C=O) groups excluding carboxylic acids is 1. The van der Waals surface area contributed by atoms with Gasteiger partial charge in [0.15, 0.2) is 0 Å². The Morgan fingerprint density at radius 3 is 2.68 bits per heavy atom. The maximum Gasteiger partial charge on any atom is 0.230 e. The summed E-state index contributed by atoms with van der Waals surface area (Å²) in [6, 6.07) is 16.4. The minimum absolute atomic E-state index is 0.00462. The normalized spacial score (nSPS) is 15.1. The number of hydrogen-bond acceptors (Lipinski definition) is 4. The van der Waals surface area contributed by atoms with E-state index >= 15 is 0 Å². The third-order valence-electron chi connectivity index (χ3n) is 5.99. The van der Waals surface area contributed by atoms with E-state index in [1.165, 1.54) is 0 Å². The Hall–Kier alpha value is -1.89. The maximum absolute atomic E-state index is 12.9. The number of nitrogens with zero attached hydrogens (tertiary/aromatic N) is 1. The zero-order valence-electron chi connectivity index (χ0n) is 18.7. The minimum Gasteiger partial charge on any atom is -0.492 e. The quantitative estimate of drug-likeness (QED) is 0.563. The first-order chi connectivity index (χ1) is 14.9. The largest absolute Gasteiger partial charge is 0.492 e. The van der Waals surface area contributed by atoms with Crippen LogP contribution in [0.5, 0.6) is 5.75 Å².